The van der Waals surface area contributed by atoms with Crippen molar-refractivity contribution in [1.29, 1.82) is 0 Å². The van der Waals surface area contributed by atoms with Crippen molar-refractivity contribution in [2.75, 3.05) is 32.7 Å². The van der Waals surface area contributed by atoms with Crippen molar-refractivity contribution in [3.05, 3.63) is 0 Å². The standard InChI is InChI=1S/C19H35N3O3/c1-5-15-7-6-8-22(11-15)19(3,4)13-20-18(25)21-10-14(2)9-16(12-21)17(23)24/h14-16H,5-13H2,1-4H3,(H,20,25)(H,23,24). The van der Waals surface area contributed by atoms with E-state index in [9.17, 15) is 14.7 Å². The van der Waals surface area contributed by atoms with E-state index < -0.39 is 11.9 Å². The van der Waals surface area contributed by atoms with Gasteiger partial charge in [-0.1, -0.05) is 20.3 Å². The van der Waals surface area contributed by atoms with Crippen molar-refractivity contribution in [1.82, 2.24) is 15.1 Å². The number of carbonyl (C=O) groups excluding carboxylic acids is 1. The summed E-state index contributed by atoms with van der Waals surface area (Å²) in [6.45, 7) is 12.4. The molecule has 0 saturated carbocycles. The molecule has 6 heteroatoms. The third kappa shape index (κ3) is 5.33. The van der Waals surface area contributed by atoms with Gasteiger partial charge in [0.1, 0.15) is 0 Å². The molecule has 2 amide bonds. The van der Waals surface area contributed by atoms with Crippen molar-refractivity contribution >= 4 is 12.0 Å². The summed E-state index contributed by atoms with van der Waals surface area (Å²) in [7, 11) is 0. The van der Waals surface area contributed by atoms with E-state index in [4.69, 9.17) is 0 Å². The van der Waals surface area contributed by atoms with Gasteiger partial charge in [0.25, 0.3) is 0 Å². The van der Waals surface area contributed by atoms with Crippen molar-refractivity contribution in [3.8, 4) is 0 Å². The Balaban J connectivity index is 1.88. The lowest BCUT2D eigenvalue weighted by molar-refractivity contribution is -0.143. The third-order valence-electron chi connectivity index (χ3n) is 5.92. The average Bonchev–Trinajstić information content (AvgIpc) is 2.59. The number of likely N-dealkylation sites (tertiary alicyclic amines) is 2. The SMILES string of the molecule is CCC1CCCN(C(C)(C)CNC(=O)N2CC(C)CC(C(=O)O)C2)C1. The highest BCUT2D eigenvalue weighted by atomic mass is 16.4. The molecule has 0 aromatic rings. The normalized spacial score (nSPS) is 28.6. The van der Waals surface area contributed by atoms with Gasteiger partial charge in [-0.25, -0.2) is 4.79 Å². The maximum Gasteiger partial charge on any atom is 0.317 e. The smallest absolute Gasteiger partial charge is 0.317 e. The molecule has 25 heavy (non-hydrogen) atoms. The van der Waals surface area contributed by atoms with E-state index in [1.807, 2.05) is 6.92 Å². The Morgan fingerprint density at radius 3 is 2.60 bits per heavy atom. The van der Waals surface area contributed by atoms with E-state index in [1.165, 1.54) is 19.3 Å². The molecular formula is C19H35N3O3. The quantitative estimate of drug-likeness (QED) is 0.797. The van der Waals surface area contributed by atoms with Gasteiger partial charge in [0, 0.05) is 31.7 Å². The molecule has 2 rings (SSSR count). The van der Waals surface area contributed by atoms with E-state index >= 15 is 0 Å². The summed E-state index contributed by atoms with van der Waals surface area (Å²) in [5.74, 6) is -0.275. The largest absolute Gasteiger partial charge is 0.481 e. The maximum atomic E-state index is 12.6. The first-order valence-electron chi connectivity index (χ1n) is 9.73. The van der Waals surface area contributed by atoms with Gasteiger partial charge in [-0.15, -0.1) is 0 Å². The molecule has 6 nitrogen and oxygen atoms in total. The molecule has 2 saturated heterocycles. The van der Waals surface area contributed by atoms with Gasteiger partial charge in [0.05, 0.1) is 5.92 Å². The molecule has 3 atom stereocenters. The molecule has 0 bridgehead atoms. The Bertz CT molecular complexity index is 481. The fourth-order valence-corrected chi connectivity index (χ4v) is 4.16. The Morgan fingerprint density at radius 2 is 1.96 bits per heavy atom. The third-order valence-corrected chi connectivity index (χ3v) is 5.92. The monoisotopic (exact) mass is 353 g/mol. The predicted octanol–water partition coefficient (Wildman–Crippen LogP) is 2.64. The van der Waals surface area contributed by atoms with E-state index in [0.29, 0.717) is 26.1 Å². The lowest BCUT2D eigenvalue weighted by Gasteiger charge is -2.44. The van der Waals surface area contributed by atoms with Crippen LogP contribution in [-0.4, -0.2) is 65.2 Å². The van der Waals surface area contributed by atoms with Crippen LogP contribution in [0.25, 0.3) is 0 Å². The van der Waals surface area contributed by atoms with E-state index in [-0.39, 0.29) is 17.5 Å². The average molecular weight is 354 g/mol. The molecular weight excluding hydrogens is 318 g/mol. The number of carboxylic acid groups (broad SMARTS) is 1. The van der Waals surface area contributed by atoms with Gasteiger partial charge in [-0.3, -0.25) is 9.69 Å². The van der Waals surface area contributed by atoms with E-state index in [2.05, 4.69) is 31.0 Å². The van der Waals surface area contributed by atoms with Gasteiger partial charge in [-0.2, -0.15) is 0 Å². The number of nitrogens with one attached hydrogen (secondary N) is 1. The van der Waals surface area contributed by atoms with Gasteiger partial charge in [0.2, 0.25) is 0 Å². The van der Waals surface area contributed by atoms with Crippen LogP contribution >= 0.6 is 0 Å². The van der Waals surface area contributed by atoms with Crippen LogP contribution < -0.4 is 5.32 Å². The van der Waals surface area contributed by atoms with Crippen LogP contribution in [0.1, 0.15) is 53.4 Å². The Kier molecular flexibility index (Phi) is 6.72. The molecule has 3 unspecified atom stereocenters. The topological polar surface area (TPSA) is 72.9 Å². The fraction of sp³-hybridized carbons (Fsp3) is 0.895. The lowest BCUT2D eigenvalue weighted by Crippen LogP contribution is -2.57. The summed E-state index contributed by atoms with van der Waals surface area (Å²) < 4.78 is 0. The number of piperidine rings is 2. The highest BCUT2D eigenvalue weighted by Gasteiger charge is 2.34. The Morgan fingerprint density at radius 1 is 1.24 bits per heavy atom. The van der Waals surface area contributed by atoms with E-state index in [1.54, 1.807) is 4.90 Å². The summed E-state index contributed by atoms with van der Waals surface area (Å²) in [6, 6.07) is -0.130. The van der Waals surface area contributed by atoms with Gasteiger partial charge in [-0.05, 0) is 51.5 Å². The zero-order valence-electron chi connectivity index (χ0n) is 16.3. The minimum atomic E-state index is -0.802. The van der Waals surface area contributed by atoms with Crippen molar-refractivity contribution in [3.63, 3.8) is 0 Å². The molecule has 2 fully saturated rings. The summed E-state index contributed by atoms with van der Waals surface area (Å²) >= 11 is 0. The Labute approximate surface area is 151 Å². The van der Waals surface area contributed by atoms with Crippen LogP contribution in [-0.2, 0) is 4.79 Å². The summed E-state index contributed by atoms with van der Waals surface area (Å²) in [5, 5.41) is 12.3. The highest BCUT2D eigenvalue weighted by molar-refractivity contribution is 5.76. The number of hydrogen-bond donors (Lipinski definition) is 2. The van der Waals surface area contributed by atoms with Crippen LogP contribution in [0.3, 0.4) is 0 Å². The fourth-order valence-electron chi connectivity index (χ4n) is 4.16. The van der Waals surface area contributed by atoms with Crippen molar-refractivity contribution < 1.29 is 14.7 Å². The van der Waals surface area contributed by atoms with E-state index in [0.717, 1.165) is 19.0 Å². The summed E-state index contributed by atoms with van der Waals surface area (Å²) in [6.07, 6.45) is 4.38. The zero-order valence-corrected chi connectivity index (χ0v) is 16.3. The number of carbonyl (C=O) groups is 2. The number of urea groups is 1. The van der Waals surface area contributed by atoms with Crippen LogP contribution in [0, 0.1) is 17.8 Å². The molecule has 2 N–H and O–H groups in total. The lowest BCUT2D eigenvalue weighted by atomic mass is 9.90. The second-order valence-electron chi connectivity index (χ2n) is 8.61. The zero-order chi connectivity index (χ0) is 18.6. The number of hydrogen-bond acceptors (Lipinski definition) is 3. The number of amides is 2. The van der Waals surface area contributed by atoms with Gasteiger partial charge >= 0.3 is 12.0 Å². The first kappa shape index (κ1) is 20.0. The molecule has 0 radical (unpaired) electrons. The van der Waals surface area contributed by atoms with Gasteiger partial charge < -0.3 is 15.3 Å². The van der Waals surface area contributed by atoms with Crippen LogP contribution in [0.4, 0.5) is 4.79 Å². The second-order valence-corrected chi connectivity index (χ2v) is 8.61. The number of aliphatic carboxylic acids is 1. The van der Waals surface area contributed by atoms with Crippen molar-refractivity contribution in [2.24, 2.45) is 17.8 Å². The van der Waals surface area contributed by atoms with Crippen LogP contribution in [0.5, 0.6) is 0 Å². The number of nitrogens with zero attached hydrogens (tertiary/aromatic N) is 2. The highest BCUT2D eigenvalue weighted by Crippen LogP contribution is 2.26. The summed E-state index contributed by atoms with van der Waals surface area (Å²) in [4.78, 5) is 28.0. The van der Waals surface area contributed by atoms with Crippen LogP contribution in [0.2, 0.25) is 0 Å². The molecule has 2 aliphatic rings. The minimum absolute atomic E-state index is 0.0862. The predicted molar refractivity (Wildman–Crippen MR) is 98.5 cm³/mol. The molecule has 0 aliphatic carbocycles. The first-order chi connectivity index (χ1) is 11.7. The molecule has 0 spiro atoms. The second kappa shape index (κ2) is 8.39. The first-order valence-corrected chi connectivity index (χ1v) is 9.73. The maximum absolute atomic E-state index is 12.6. The van der Waals surface area contributed by atoms with Crippen LogP contribution in [0.15, 0.2) is 0 Å². The summed E-state index contributed by atoms with van der Waals surface area (Å²) in [5.41, 5.74) is -0.0862. The van der Waals surface area contributed by atoms with Crippen molar-refractivity contribution in [2.45, 2.75) is 58.9 Å². The minimum Gasteiger partial charge on any atom is -0.481 e. The molecule has 2 heterocycles. The number of rotatable bonds is 5. The number of carboxylic acids is 1. The molecule has 2 aliphatic heterocycles. The molecule has 0 aromatic carbocycles. The molecule has 0 aromatic heterocycles. The Hall–Kier alpha value is -1.30. The molecule has 144 valence electrons. The van der Waals surface area contributed by atoms with Gasteiger partial charge in [0.15, 0.2) is 0 Å².